The Bertz CT molecular complexity index is 440. The van der Waals surface area contributed by atoms with Gasteiger partial charge in [0, 0.05) is 0 Å². The zero-order valence-electron chi connectivity index (χ0n) is 10.6. The summed E-state index contributed by atoms with van der Waals surface area (Å²) in [6.45, 7) is 1.06. The first-order valence-corrected chi connectivity index (χ1v) is 5.77. The number of anilines is 2. The molecule has 106 valence electrons. The molecule has 0 aromatic heterocycles. The summed E-state index contributed by atoms with van der Waals surface area (Å²) < 4.78 is 0. The molecule has 0 amide bonds. The standard InChI is InChI=1S/C11H18N4O4/c1-2-11(6-16,7-17)13-8-4-3-5-9(14-12)10(8)15(18)19/h3-5,13-14,16-17H,2,6-7,12H2,1H3. The Labute approximate surface area is 110 Å². The van der Waals surface area contributed by atoms with Crippen LogP contribution in [0.5, 0.6) is 0 Å². The summed E-state index contributed by atoms with van der Waals surface area (Å²) >= 11 is 0. The van der Waals surface area contributed by atoms with Gasteiger partial charge in [0.1, 0.15) is 11.4 Å². The zero-order chi connectivity index (χ0) is 14.5. The second-order valence-corrected chi connectivity index (χ2v) is 4.18. The first-order chi connectivity index (χ1) is 9.03. The highest BCUT2D eigenvalue weighted by Gasteiger charge is 2.30. The minimum absolute atomic E-state index is 0.149. The fourth-order valence-electron chi connectivity index (χ4n) is 1.68. The molecule has 0 saturated carbocycles. The second-order valence-electron chi connectivity index (χ2n) is 4.18. The van der Waals surface area contributed by atoms with Crippen LogP contribution in [-0.4, -0.2) is 33.9 Å². The summed E-state index contributed by atoms with van der Waals surface area (Å²) in [4.78, 5) is 10.5. The SMILES string of the molecule is CCC(CO)(CO)Nc1cccc(NN)c1[N+](=O)[O-]. The summed E-state index contributed by atoms with van der Waals surface area (Å²) in [7, 11) is 0. The lowest BCUT2D eigenvalue weighted by Gasteiger charge is -2.30. The maximum Gasteiger partial charge on any atom is 0.316 e. The average Bonchev–Trinajstić information content (AvgIpc) is 2.44. The van der Waals surface area contributed by atoms with E-state index in [0.29, 0.717) is 6.42 Å². The molecular weight excluding hydrogens is 252 g/mol. The highest BCUT2D eigenvalue weighted by Crippen LogP contribution is 2.34. The number of nitro groups is 1. The molecule has 0 bridgehead atoms. The van der Waals surface area contributed by atoms with Crippen LogP contribution >= 0.6 is 0 Å². The number of para-hydroxylation sites is 1. The molecule has 0 aliphatic rings. The van der Waals surface area contributed by atoms with E-state index in [1.54, 1.807) is 13.0 Å². The molecule has 8 nitrogen and oxygen atoms in total. The molecule has 0 unspecified atom stereocenters. The van der Waals surface area contributed by atoms with Crippen molar-refractivity contribution in [2.75, 3.05) is 24.0 Å². The van der Waals surface area contributed by atoms with Gasteiger partial charge in [-0.05, 0) is 18.6 Å². The smallest absolute Gasteiger partial charge is 0.316 e. The maximum absolute atomic E-state index is 11.1. The number of hydrogen-bond acceptors (Lipinski definition) is 7. The number of nitrogens with zero attached hydrogens (tertiary/aromatic N) is 1. The van der Waals surface area contributed by atoms with E-state index in [1.165, 1.54) is 12.1 Å². The number of aliphatic hydroxyl groups is 2. The molecule has 0 atom stereocenters. The molecule has 1 aromatic carbocycles. The van der Waals surface area contributed by atoms with Crippen LogP contribution in [0.3, 0.4) is 0 Å². The molecule has 0 aliphatic heterocycles. The Morgan fingerprint density at radius 2 is 1.95 bits per heavy atom. The first kappa shape index (κ1) is 15.2. The summed E-state index contributed by atoms with van der Waals surface area (Å²) in [5.41, 5.74) is 1.34. The molecule has 6 N–H and O–H groups in total. The van der Waals surface area contributed by atoms with E-state index in [0.717, 1.165) is 0 Å². The normalized spacial score (nSPS) is 11.2. The lowest BCUT2D eigenvalue weighted by molar-refractivity contribution is -0.383. The molecule has 19 heavy (non-hydrogen) atoms. The van der Waals surface area contributed by atoms with E-state index in [2.05, 4.69) is 10.7 Å². The fraction of sp³-hybridized carbons (Fsp3) is 0.455. The number of nitrogens with two attached hydrogens (primary N) is 1. The van der Waals surface area contributed by atoms with Crippen molar-refractivity contribution < 1.29 is 15.1 Å². The third kappa shape index (κ3) is 3.11. The van der Waals surface area contributed by atoms with Crippen LogP contribution in [0.15, 0.2) is 18.2 Å². The third-order valence-corrected chi connectivity index (χ3v) is 3.06. The van der Waals surface area contributed by atoms with E-state index in [1.807, 2.05) is 0 Å². The topological polar surface area (TPSA) is 134 Å². The molecule has 0 radical (unpaired) electrons. The Balaban J connectivity index is 3.23. The molecule has 0 aliphatic carbocycles. The summed E-state index contributed by atoms with van der Waals surface area (Å²) in [6.07, 6.45) is 0.400. The predicted molar refractivity (Wildman–Crippen MR) is 71.7 cm³/mol. The van der Waals surface area contributed by atoms with Crippen LogP contribution in [0.2, 0.25) is 0 Å². The number of hydrazine groups is 1. The number of benzene rings is 1. The van der Waals surface area contributed by atoms with Gasteiger partial charge in [-0.2, -0.15) is 0 Å². The highest BCUT2D eigenvalue weighted by molar-refractivity contribution is 5.76. The van der Waals surface area contributed by atoms with Gasteiger partial charge in [0.15, 0.2) is 0 Å². The number of nitrogen functional groups attached to an aromatic ring is 1. The van der Waals surface area contributed by atoms with Crippen molar-refractivity contribution in [1.29, 1.82) is 0 Å². The molecule has 1 aromatic rings. The molecule has 0 heterocycles. The van der Waals surface area contributed by atoms with E-state index in [9.17, 15) is 20.3 Å². The number of hydrogen-bond donors (Lipinski definition) is 5. The lowest BCUT2D eigenvalue weighted by atomic mass is 9.97. The van der Waals surface area contributed by atoms with Crippen LogP contribution in [0.1, 0.15) is 13.3 Å². The van der Waals surface area contributed by atoms with Gasteiger partial charge >= 0.3 is 5.69 Å². The monoisotopic (exact) mass is 270 g/mol. The fourth-order valence-corrected chi connectivity index (χ4v) is 1.68. The van der Waals surface area contributed by atoms with Gasteiger partial charge < -0.3 is 21.0 Å². The summed E-state index contributed by atoms with van der Waals surface area (Å²) in [5.74, 6) is 5.24. The van der Waals surface area contributed by atoms with Gasteiger partial charge in [-0.3, -0.25) is 16.0 Å². The van der Waals surface area contributed by atoms with Gasteiger partial charge in [-0.1, -0.05) is 13.0 Å². The van der Waals surface area contributed by atoms with Crippen LogP contribution in [0.4, 0.5) is 17.1 Å². The van der Waals surface area contributed by atoms with Crippen molar-refractivity contribution in [2.45, 2.75) is 18.9 Å². The van der Waals surface area contributed by atoms with Crippen LogP contribution < -0.4 is 16.6 Å². The van der Waals surface area contributed by atoms with Crippen molar-refractivity contribution in [2.24, 2.45) is 5.84 Å². The van der Waals surface area contributed by atoms with Crippen LogP contribution in [0.25, 0.3) is 0 Å². The predicted octanol–water partition coefficient (Wildman–Crippen LogP) is 0.426. The molecule has 0 fully saturated rings. The van der Waals surface area contributed by atoms with Crippen molar-refractivity contribution in [3.8, 4) is 0 Å². The minimum Gasteiger partial charge on any atom is -0.394 e. The van der Waals surface area contributed by atoms with Crippen LogP contribution in [0, 0.1) is 10.1 Å². The average molecular weight is 270 g/mol. The van der Waals surface area contributed by atoms with Crippen molar-refractivity contribution >= 4 is 17.1 Å². The van der Waals surface area contributed by atoms with Crippen molar-refractivity contribution in [3.05, 3.63) is 28.3 Å². The molecule has 8 heteroatoms. The van der Waals surface area contributed by atoms with Gasteiger partial charge in [0.25, 0.3) is 0 Å². The lowest BCUT2D eigenvalue weighted by Crippen LogP contribution is -2.45. The molecule has 0 spiro atoms. The highest BCUT2D eigenvalue weighted by atomic mass is 16.6. The van der Waals surface area contributed by atoms with E-state index >= 15 is 0 Å². The van der Waals surface area contributed by atoms with E-state index in [-0.39, 0.29) is 30.3 Å². The number of aliphatic hydroxyl groups excluding tert-OH is 2. The molecular formula is C11H18N4O4. The van der Waals surface area contributed by atoms with Gasteiger partial charge in [0.05, 0.1) is 23.7 Å². The molecule has 0 saturated heterocycles. The Morgan fingerprint density at radius 3 is 2.37 bits per heavy atom. The Morgan fingerprint density at radius 1 is 1.37 bits per heavy atom. The van der Waals surface area contributed by atoms with Gasteiger partial charge in [0.2, 0.25) is 0 Å². The third-order valence-electron chi connectivity index (χ3n) is 3.06. The van der Waals surface area contributed by atoms with E-state index in [4.69, 9.17) is 5.84 Å². The summed E-state index contributed by atoms with van der Waals surface area (Å²) in [6, 6.07) is 4.54. The van der Waals surface area contributed by atoms with Crippen molar-refractivity contribution in [1.82, 2.24) is 0 Å². The largest absolute Gasteiger partial charge is 0.394 e. The molecule has 1 rings (SSSR count). The quantitative estimate of drug-likeness (QED) is 0.275. The van der Waals surface area contributed by atoms with Crippen LogP contribution in [-0.2, 0) is 0 Å². The number of nitrogens with one attached hydrogen (secondary N) is 2. The second kappa shape index (κ2) is 6.32. The van der Waals surface area contributed by atoms with Gasteiger partial charge in [-0.25, -0.2) is 0 Å². The van der Waals surface area contributed by atoms with E-state index < -0.39 is 10.5 Å². The number of nitro benzene ring substituents is 1. The summed E-state index contributed by atoms with van der Waals surface area (Å²) in [5, 5.41) is 32.6. The minimum atomic E-state index is -1.02. The number of rotatable bonds is 7. The van der Waals surface area contributed by atoms with Gasteiger partial charge in [-0.15, -0.1) is 0 Å². The zero-order valence-corrected chi connectivity index (χ0v) is 10.6. The first-order valence-electron chi connectivity index (χ1n) is 5.77. The Kier molecular flexibility index (Phi) is 5.04. The maximum atomic E-state index is 11.1. The van der Waals surface area contributed by atoms with Crippen molar-refractivity contribution in [3.63, 3.8) is 0 Å². The Hall–Kier alpha value is -1.90.